The van der Waals surface area contributed by atoms with Gasteiger partial charge in [0.2, 0.25) is 10.0 Å². The highest BCUT2D eigenvalue weighted by Gasteiger charge is 2.25. The third-order valence-electron chi connectivity index (χ3n) is 5.87. The van der Waals surface area contributed by atoms with E-state index in [2.05, 4.69) is 9.97 Å². The zero-order chi connectivity index (χ0) is 22.7. The number of sulfonamides is 1. The molecule has 0 radical (unpaired) electrons. The average molecular weight is 453 g/mol. The number of hydrogen-bond acceptors (Lipinski definition) is 5. The fraction of sp³-hybridized carbons (Fsp3) is 0.375. The second kappa shape index (κ2) is 9.34. The topological polar surface area (TPSA) is 83.5 Å². The summed E-state index contributed by atoms with van der Waals surface area (Å²) < 4.78 is 27.5. The van der Waals surface area contributed by atoms with Gasteiger partial charge >= 0.3 is 0 Å². The van der Waals surface area contributed by atoms with E-state index in [-0.39, 0.29) is 17.3 Å². The Bertz CT molecular complexity index is 1220. The van der Waals surface area contributed by atoms with Gasteiger partial charge in [0.15, 0.2) is 0 Å². The number of rotatable bonds is 5. The number of benzene rings is 2. The Kier molecular flexibility index (Phi) is 6.53. The molecule has 2 heterocycles. The zero-order valence-corrected chi connectivity index (χ0v) is 19.3. The van der Waals surface area contributed by atoms with Gasteiger partial charge in [-0.1, -0.05) is 31.0 Å². The summed E-state index contributed by atoms with van der Waals surface area (Å²) in [7, 11) is -1.84. The predicted octanol–water partition coefficient (Wildman–Crippen LogP) is 3.78. The van der Waals surface area contributed by atoms with Crippen molar-refractivity contribution in [1.29, 1.82) is 0 Å². The number of para-hydroxylation sites is 1. The van der Waals surface area contributed by atoms with Crippen LogP contribution in [0.3, 0.4) is 0 Å². The van der Waals surface area contributed by atoms with E-state index in [0.717, 1.165) is 42.3 Å². The lowest BCUT2D eigenvalue weighted by atomic mass is 10.2. The molecule has 3 aromatic rings. The largest absolute Gasteiger partial charge is 0.334 e. The molecule has 0 saturated carbocycles. The normalized spacial score (nSPS) is 15.4. The Balaban J connectivity index is 1.48. The van der Waals surface area contributed by atoms with Gasteiger partial charge in [0, 0.05) is 36.8 Å². The van der Waals surface area contributed by atoms with Crippen molar-refractivity contribution < 1.29 is 13.2 Å². The molecule has 0 aliphatic carbocycles. The van der Waals surface area contributed by atoms with Crippen molar-refractivity contribution in [3.05, 3.63) is 65.6 Å². The van der Waals surface area contributed by atoms with E-state index in [1.54, 1.807) is 28.4 Å². The summed E-state index contributed by atoms with van der Waals surface area (Å²) in [4.78, 5) is 23.8. The summed E-state index contributed by atoms with van der Waals surface area (Å²) in [5, 5.41) is 0.992. The minimum Gasteiger partial charge on any atom is -0.334 e. The Morgan fingerprint density at radius 2 is 1.62 bits per heavy atom. The lowest BCUT2D eigenvalue weighted by Crippen LogP contribution is -2.32. The van der Waals surface area contributed by atoms with E-state index in [1.807, 2.05) is 31.2 Å². The van der Waals surface area contributed by atoms with Crippen LogP contribution in [-0.2, 0) is 16.6 Å². The molecule has 0 unspecified atom stereocenters. The maximum atomic E-state index is 12.9. The molecule has 8 heteroatoms. The number of aromatic nitrogens is 2. The third kappa shape index (κ3) is 4.66. The molecule has 0 bridgehead atoms. The Hall–Kier alpha value is -2.84. The van der Waals surface area contributed by atoms with Gasteiger partial charge in [0.1, 0.15) is 5.82 Å². The van der Waals surface area contributed by atoms with Crippen molar-refractivity contribution >= 4 is 26.8 Å². The molecule has 2 aromatic carbocycles. The summed E-state index contributed by atoms with van der Waals surface area (Å²) in [5.41, 5.74) is 2.15. The number of aryl methyl sites for hydroxylation is 1. The lowest BCUT2D eigenvalue weighted by molar-refractivity contribution is 0.0781. The van der Waals surface area contributed by atoms with Gasteiger partial charge in [-0.2, -0.15) is 4.31 Å². The second-order valence-corrected chi connectivity index (χ2v) is 10.2. The van der Waals surface area contributed by atoms with E-state index in [4.69, 9.17) is 0 Å². The van der Waals surface area contributed by atoms with Gasteiger partial charge in [-0.3, -0.25) is 4.79 Å². The Labute approximate surface area is 189 Å². The second-order valence-electron chi connectivity index (χ2n) is 8.25. The summed E-state index contributed by atoms with van der Waals surface area (Å²) in [5.74, 6) is 0.357. The first-order valence-corrected chi connectivity index (χ1v) is 12.4. The first-order valence-electron chi connectivity index (χ1n) is 10.9. The molecule has 1 amide bonds. The van der Waals surface area contributed by atoms with E-state index in [1.165, 1.54) is 12.1 Å². The van der Waals surface area contributed by atoms with Gasteiger partial charge in [-0.25, -0.2) is 18.4 Å². The minimum atomic E-state index is -3.53. The molecular formula is C24H28N4O3S. The van der Waals surface area contributed by atoms with Crippen molar-refractivity contribution in [2.45, 2.75) is 44.0 Å². The average Bonchev–Trinajstić information content (AvgIpc) is 3.09. The molecule has 32 heavy (non-hydrogen) atoms. The van der Waals surface area contributed by atoms with Gasteiger partial charge < -0.3 is 4.90 Å². The number of carbonyl (C=O) groups excluding carboxylic acids is 1. The highest BCUT2D eigenvalue weighted by atomic mass is 32.2. The summed E-state index contributed by atoms with van der Waals surface area (Å²) in [6.07, 6.45) is 3.90. The third-order valence-corrected chi connectivity index (χ3v) is 7.78. The molecule has 7 nitrogen and oxygen atoms in total. The van der Waals surface area contributed by atoms with Crippen LogP contribution in [0.5, 0.6) is 0 Å². The standard InChI is InChI=1S/C24H28N4O3S/c1-18-21-9-5-6-10-22(21)26-23(25-18)17-27(2)24(29)19-11-13-20(14-12-19)32(30,31)28-15-7-3-4-8-16-28/h5-6,9-14H,3-4,7-8,15-17H2,1-2H3. The number of carbonyl (C=O) groups is 1. The maximum Gasteiger partial charge on any atom is 0.254 e. The number of nitrogens with zero attached hydrogens (tertiary/aromatic N) is 4. The van der Waals surface area contributed by atoms with E-state index < -0.39 is 10.0 Å². The smallest absolute Gasteiger partial charge is 0.254 e. The Morgan fingerprint density at radius 1 is 0.969 bits per heavy atom. The van der Waals surface area contributed by atoms with Crippen LogP contribution in [0.1, 0.15) is 47.6 Å². The minimum absolute atomic E-state index is 0.210. The van der Waals surface area contributed by atoms with Crippen LogP contribution in [0.2, 0.25) is 0 Å². The van der Waals surface area contributed by atoms with Crippen LogP contribution in [-0.4, -0.2) is 53.6 Å². The first-order chi connectivity index (χ1) is 15.4. The molecule has 1 aromatic heterocycles. The highest BCUT2D eigenvalue weighted by Crippen LogP contribution is 2.21. The SMILES string of the molecule is Cc1nc(CN(C)C(=O)c2ccc(S(=O)(=O)N3CCCCCC3)cc2)nc2ccccc12. The van der Waals surface area contributed by atoms with Crippen molar-refractivity contribution in [1.82, 2.24) is 19.2 Å². The van der Waals surface area contributed by atoms with E-state index >= 15 is 0 Å². The molecule has 4 rings (SSSR count). The summed E-state index contributed by atoms with van der Waals surface area (Å²) >= 11 is 0. The van der Waals surface area contributed by atoms with Crippen LogP contribution >= 0.6 is 0 Å². The van der Waals surface area contributed by atoms with Crippen LogP contribution in [0.15, 0.2) is 53.4 Å². The summed E-state index contributed by atoms with van der Waals surface area (Å²) in [6, 6.07) is 14.0. The van der Waals surface area contributed by atoms with Crippen molar-refractivity contribution in [2.24, 2.45) is 0 Å². The fourth-order valence-corrected chi connectivity index (χ4v) is 5.59. The molecule has 1 saturated heterocycles. The summed E-state index contributed by atoms with van der Waals surface area (Å²) in [6.45, 7) is 3.30. The molecule has 0 atom stereocenters. The molecular weight excluding hydrogens is 424 g/mol. The van der Waals surface area contributed by atoms with Crippen molar-refractivity contribution in [3.63, 3.8) is 0 Å². The zero-order valence-electron chi connectivity index (χ0n) is 18.5. The predicted molar refractivity (Wildman–Crippen MR) is 124 cm³/mol. The number of fused-ring (bicyclic) bond motifs is 1. The van der Waals surface area contributed by atoms with Gasteiger partial charge in [-0.05, 0) is 50.1 Å². The molecule has 168 valence electrons. The Morgan fingerprint density at radius 3 is 2.31 bits per heavy atom. The van der Waals surface area contributed by atoms with Crippen LogP contribution < -0.4 is 0 Å². The van der Waals surface area contributed by atoms with Gasteiger partial charge in [-0.15, -0.1) is 0 Å². The molecule has 1 aliphatic rings. The van der Waals surface area contributed by atoms with E-state index in [0.29, 0.717) is 24.5 Å². The lowest BCUT2D eigenvalue weighted by Gasteiger charge is -2.20. The van der Waals surface area contributed by atoms with Crippen molar-refractivity contribution in [3.8, 4) is 0 Å². The van der Waals surface area contributed by atoms with Crippen molar-refractivity contribution in [2.75, 3.05) is 20.1 Å². The number of amides is 1. The quantitative estimate of drug-likeness (QED) is 0.588. The molecule has 0 spiro atoms. The number of hydrogen-bond donors (Lipinski definition) is 0. The molecule has 1 fully saturated rings. The van der Waals surface area contributed by atoms with Gasteiger partial charge in [0.25, 0.3) is 5.91 Å². The molecule has 1 aliphatic heterocycles. The molecule has 0 N–H and O–H groups in total. The first kappa shape index (κ1) is 22.4. The monoisotopic (exact) mass is 452 g/mol. The highest BCUT2D eigenvalue weighted by molar-refractivity contribution is 7.89. The maximum absolute atomic E-state index is 12.9. The van der Waals surface area contributed by atoms with E-state index in [9.17, 15) is 13.2 Å². The fourth-order valence-electron chi connectivity index (χ4n) is 4.07. The van der Waals surface area contributed by atoms with Gasteiger partial charge in [0.05, 0.1) is 17.0 Å². The van der Waals surface area contributed by atoms with Crippen LogP contribution in [0, 0.1) is 6.92 Å². The van der Waals surface area contributed by atoms with Crippen LogP contribution in [0.4, 0.5) is 0 Å². The van der Waals surface area contributed by atoms with Crippen LogP contribution in [0.25, 0.3) is 10.9 Å².